The molecule has 3 amide bonds. The van der Waals surface area contributed by atoms with Gasteiger partial charge < -0.3 is 20.6 Å². The molecule has 1 heterocycles. The number of rotatable bonds is 9. The number of carbonyl (C=O) groups excluding carboxylic acids is 2. The number of nitrogens with one attached hydrogen (secondary N) is 2. The lowest BCUT2D eigenvalue weighted by atomic mass is 9.85. The summed E-state index contributed by atoms with van der Waals surface area (Å²) in [5.41, 5.74) is 0. The van der Waals surface area contributed by atoms with Gasteiger partial charge in [-0.2, -0.15) is 0 Å². The second kappa shape index (κ2) is 10.4. The first-order valence-corrected chi connectivity index (χ1v) is 9.77. The van der Waals surface area contributed by atoms with Crippen molar-refractivity contribution in [3.05, 3.63) is 0 Å². The maximum Gasteiger partial charge on any atom is 0.317 e. The quantitative estimate of drug-likeness (QED) is 0.527. The van der Waals surface area contributed by atoms with Gasteiger partial charge in [0.2, 0.25) is 5.91 Å². The number of aliphatic carboxylic acids is 1. The Labute approximate surface area is 155 Å². The van der Waals surface area contributed by atoms with Crippen molar-refractivity contribution in [1.82, 2.24) is 20.4 Å². The number of urea groups is 1. The summed E-state index contributed by atoms with van der Waals surface area (Å²) in [5, 5.41) is 14.7. The summed E-state index contributed by atoms with van der Waals surface area (Å²) in [6.07, 6.45) is 6.16. The second-order valence-corrected chi connectivity index (χ2v) is 7.22. The van der Waals surface area contributed by atoms with E-state index in [-0.39, 0.29) is 30.6 Å². The molecular weight excluding hydrogens is 336 g/mol. The minimum Gasteiger partial charge on any atom is -0.480 e. The SMILES string of the molecule is CCN(CC(=O)O)C1CC(NC(=O)NCCCN2CCCCCC2=O)C1. The fraction of sp³-hybridized carbons (Fsp3) is 0.833. The van der Waals surface area contributed by atoms with Crippen molar-refractivity contribution < 1.29 is 19.5 Å². The number of likely N-dealkylation sites (N-methyl/N-ethyl adjacent to an activating group) is 1. The van der Waals surface area contributed by atoms with E-state index in [0.717, 1.165) is 45.1 Å². The van der Waals surface area contributed by atoms with Gasteiger partial charge in [-0.15, -0.1) is 0 Å². The Morgan fingerprint density at radius 2 is 2.04 bits per heavy atom. The van der Waals surface area contributed by atoms with Crippen LogP contribution in [0, 0.1) is 0 Å². The van der Waals surface area contributed by atoms with Crippen LogP contribution in [0.15, 0.2) is 0 Å². The molecule has 0 unspecified atom stereocenters. The molecule has 0 bridgehead atoms. The molecule has 0 radical (unpaired) electrons. The van der Waals surface area contributed by atoms with E-state index in [1.54, 1.807) is 0 Å². The van der Waals surface area contributed by atoms with Crippen LogP contribution in [0.25, 0.3) is 0 Å². The molecule has 1 saturated heterocycles. The van der Waals surface area contributed by atoms with Crippen molar-refractivity contribution in [1.29, 1.82) is 0 Å². The molecule has 0 spiro atoms. The predicted molar refractivity (Wildman–Crippen MR) is 97.9 cm³/mol. The Morgan fingerprint density at radius 1 is 1.27 bits per heavy atom. The number of carboxylic acids is 1. The standard InChI is InChI=1S/C18H32N4O4/c1-2-21(13-17(24)25)15-11-14(12-15)20-18(26)19-8-6-10-22-9-5-3-4-7-16(22)23/h14-15H,2-13H2,1H3,(H,24,25)(H2,19,20,26). The molecule has 2 aliphatic rings. The molecule has 3 N–H and O–H groups in total. The molecule has 26 heavy (non-hydrogen) atoms. The molecule has 0 aromatic heterocycles. The number of likely N-dealkylation sites (tertiary alicyclic amines) is 1. The lowest BCUT2D eigenvalue weighted by molar-refractivity contribution is -0.139. The van der Waals surface area contributed by atoms with Crippen molar-refractivity contribution in [3.63, 3.8) is 0 Å². The molecule has 148 valence electrons. The van der Waals surface area contributed by atoms with E-state index in [4.69, 9.17) is 5.11 Å². The Hall–Kier alpha value is -1.83. The highest BCUT2D eigenvalue weighted by atomic mass is 16.4. The average Bonchev–Trinajstić information content (AvgIpc) is 2.77. The van der Waals surface area contributed by atoms with Crippen molar-refractivity contribution >= 4 is 17.9 Å². The topological polar surface area (TPSA) is 102 Å². The van der Waals surface area contributed by atoms with Crippen LogP contribution in [0.4, 0.5) is 4.79 Å². The van der Waals surface area contributed by atoms with Crippen LogP contribution in [0.2, 0.25) is 0 Å². The Balaban J connectivity index is 1.56. The van der Waals surface area contributed by atoms with Gasteiger partial charge in [-0.25, -0.2) is 4.79 Å². The molecule has 1 aliphatic heterocycles. The molecule has 0 atom stereocenters. The van der Waals surface area contributed by atoms with E-state index < -0.39 is 5.97 Å². The van der Waals surface area contributed by atoms with Gasteiger partial charge in [0.05, 0.1) is 6.54 Å². The molecular formula is C18H32N4O4. The fourth-order valence-corrected chi connectivity index (χ4v) is 3.66. The van der Waals surface area contributed by atoms with Gasteiger partial charge in [0.1, 0.15) is 0 Å². The maximum absolute atomic E-state index is 11.9. The van der Waals surface area contributed by atoms with Gasteiger partial charge in [0, 0.05) is 38.1 Å². The zero-order chi connectivity index (χ0) is 18.9. The van der Waals surface area contributed by atoms with E-state index in [0.29, 0.717) is 26.1 Å². The van der Waals surface area contributed by atoms with Crippen LogP contribution >= 0.6 is 0 Å². The van der Waals surface area contributed by atoms with Crippen LogP contribution in [0.1, 0.15) is 51.9 Å². The van der Waals surface area contributed by atoms with Crippen LogP contribution in [0.3, 0.4) is 0 Å². The Morgan fingerprint density at radius 3 is 2.73 bits per heavy atom. The third-order valence-electron chi connectivity index (χ3n) is 5.27. The smallest absolute Gasteiger partial charge is 0.317 e. The maximum atomic E-state index is 11.9. The molecule has 2 fully saturated rings. The zero-order valence-electron chi connectivity index (χ0n) is 15.7. The van der Waals surface area contributed by atoms with E-state index >= 15 is 0 Å². The summed E-state index contributed by atoms with van der Waals surface area (Å²) in [7, 11) is 0. The predicted octanol–water partition coefficient (Wildman–Crippen LogP) is 1.02. The first-order valence-electron chi connectivity index (χ1n) is 9.77. The monoisotopic (exact) mass is 368 g/mol. The van der Waals surface area contributed by atoms with Gasteiger partial charge in [-0.05, 0) is 38.6 Å². The molecule has 8 nitrogen and oxygen atoms in total. The van der Waals surface area contributed by atoms with Crippen molar-refractivity contribution in [2.24, 2.45) is 0 Å². The number of hydrogen-bond donors (Lipinski definition) is 3. The number of amides is 3. The third kappa shape index (κ3) is 6.48. The van der Waals surface area contributed by atoms with Crippen LogP contribution in [-0.4, -0.2) is 77.6 Å². The van der Waals surface area contributed by atoms with E-state index in [9.17, 15) is 14.4 Å². The summed E-state index contributed by atoms with van der Waals surface area (Å²) < 4.78 is 0. The molecule has 1 aliphatic carbocycles. The largest absolute Gasteiger partial charge is 0.480 e. The van der Waals surface area contributed by atoms with E-state index in [2.05, 4.69) is 10.6 Å². The molecule has 0 aromatic rings. The van der Waals surface area contributed by atoms with E-state index in [1.807, 2.05) is 16.7 Å². The number of nitrogens with zero attached hydrogens (tertiary/aromatic N) is 2. The van der Waals surface area contributed by atoms with Gasteiger partial charge in [0.25, 0.3) is 0 Å². The Kier molecular flexibility index (Phi) is 8.15. The summed E-state index contributed by atoms with van der Waals surface area (Å²) in [5.74, 6) is -0.585. The fourth-order valence-electron chi connectivity index (χ4n) is 3.66. The number of carboxylic acid groups (broad SMARTS) is 1. The van der Waals surface area contributed by atoms with Gasteiger partial charge >= 0.3 is 12.0 Å². The van der Waals surface area contributed by atoms with Gasteiger partial charge in [-0.1, -0.05) is 13.3 Å². The van der Waals surface area contributed by atoms with Crippen LogP contribution in [-0.2, 0) is 9.59 Å². The minimum absolute atomic E-state index is 0.0509. The number of hydrogen-bond acceptors (Lipinski definition) is 4. The van der Waals surface area contributed by atoms with E-state index in [1.165, 1.54) is 0 Å². The molecule has 0 aromatic carbocycles. The summed E-state index contributed by atoms with van der Waals surface area (Å²) in [6, 6.07) is 0.155. The number of carbonyl (C=O) groups is 3. The minimum atomic E-state index is -0.816. The van der Waals surface area contributed by atoms with Gasteiger partial charge in [0.15, 0.2) is 0 Å². The van der Waals surface area contributed by atoms with Crippen LogP contribution in [0.5, 0.6) is 0 Å². The van der Waals surface area contributed by atoms with Crippen molar-refractivity contribution in [3.8, 4) is 0 Å². The molecule has 8 heteroatoms. The normalized spacial score (nSPS) is 23.3. The Bertz CT molecular complexity index is 494. The van der Waals surface area contributed by atoms with Crippen molar-refractivity contribution in [2.75, 3.05) is 32.7 Å². The lowest BCUT2D eigenvalue weighted by Crippen LogP contribution is -2.56. The highest BCUT2D eigenvalue weighted by Crippen LogP contribution is 2.25. The highest BCUT2D eigenvalue weighted by Gasteiger charge is 2.34. The summed E-state index contributed by atoms with van der Waals surface area (Å²) in [6.45, 7) is 4.78. The highest BCUT2D eigenvalue weighted by molar-refractivity contribution is 5.76. The summed E-state index contributed by atoms with van der Waals surface area (Å²) in [4.78, 5) is 38.5. The molecule has 1 saturated carbocycles. The second-order valence-electron chi connectivity index (χ2n) is 7.22. The van der Waals surface area contributed by atoms with Gasteiger partial charge in [-0.3, -0.25) is 14.5 Å². The summed E-state index contributed by atoms with van der Waals surface area (Å²) >= 11 is 0. The average molecular weight is 368 g/mol. The first kappa shape index (κ1) is 20.5. The third-order valence-corrected chi connectivity index (χ3v) is 5.27. The first-order chi connectivity index (χ1) is 12.5. The lowest BCUT2D eigenvalue weighted by Gasteiger charge is -2.42. The zero-order valence-corrected chi connectivity index (χ0v) is 15.7. The molecule has 2 rings (SSSR count). The van der Waals surface area contributed by atoms with Crippen molar-refractivity contribution in [2.45, 2.75) is 64.0 Å². The van der Waals surface area contributed by atoms with Crippen LogP contribution < -0.4 is 10.6 Å².